The smallest absolute Gasteiger partial charge is 0.258 e. The third kappa shape index (κ3) is 3.45. The number of benzene rings is 1. The predicted octanol–water partition coefficient (Wildman–Crippen LogP) is 3.23. The second-order valence-corrected chi connectivity index (χ2v) is 7.15. The molecule has 1 fully saturated rings. The Balaban J connectivity index is 1.62. The van der Waals surface area contributed by atoms with E-state index < -0.39 is 0 Å². The van der Waals surface area contributed by atoms with Gasteiger partial charge in [-0.15, -0.1) is 0 Å². The molecule has 0 bridgehead atoms. The first-order chi connectivity index (χ1) is 13.6. The van der Waals surface area contributed by atoms with Crippen LogP contribution in [0.1, 0.15) is 28.7 Å². The molecule has 7 heteroatoms. The normalized spacial score (nSPS) is 15.2. The zero-order valence-corrected chi connectivity index (χ0v) is 16.5. The Bertz CT molecular complexity index is 1010. The second kappa shape index (κ2) is 7.59. The minimum absolute atomic E-state index is 0.179. The van der Waals surface area contributed by atoms with Gasteiger partial charge in [-0.25, -0.2) is 4.98 Å². The van der Waals surface area contributed by atoms with Gasteiger partial charge in [0.15, 0.2) is 0 Å². The van der Waals surface area contributed by atoms with Crippen molar-refractivity contribution >= 4 is 28.4 Å². The van der Waals surface area contributed by atoms with E-state index in [1.807, 2.05) is 32.0 Å². The van der Waals surface area contributed by atoms with E-state index >= 15 is 0 Å². The molecule has 0 saturated carbocycles. The Morgan fingerprint density at radius 3 is 2.68 bits per heavy atom. The predicted molar refractivity (Wildman–Crippen MR) is 110 cm³/mol. The van der Waals surface area contributed by atoms with Crippen molar-refractivity contribution in [3.05, 3.63) is 47.3 Å². The number of hydrogen-bond donors (Lipinski definition) is 1. The van der Waals surface area contributed by atoms with Crippen LogP contribution < -0.4 is 10.2 Å². The second-order valence-electron chi connectivity index (χ2n) is 7.15. The molecule has 0 spiro atoms. The molecule has 1 saturated heterocycles. The monoisotopic (exact) mass is 379 g/mol. The lowest BCUT2D eigenvalue weighted by Gasteiger charge is -2.36. The van der Waals surface area contributed by atoms with Gasteiger partial charge in [0, 0.05) is 31.9 Å². The van der Waals surface area contributed by atoms with Crippen LogP contribution in [-0.2, 0) is 0 Å². The first-order valence-electron chi connectivity index (χ1n) is 9.68. The molecule has 146 valence electrons. The highest BCUT2D eigenvalue weighted by Gasteiger charge is 2.21. The number of rotatable bonds is 4. The molecule has 0 radical (unpaired) electrons. The summed E-state index contributed by atoms with van der Waals surface area (Å²) in [5.41, 5.74) is 4.18. The molecule has 0 aliphatic carbocycles. The fourth-order valence-corrected chi connectivity index (χ4v) is 3.75. The van der Waals surface area contributed by atoms with Crippen LogP contribution in [0.25, 0.3) is 11.1 Å². The van der Waals surface area contributed by atoms with Crippen LogP contribution in [0.4, 0.5) is 11.4 Å². The Morgan fingerprint density at radius 2 is 1.93 bits per heavy atom. The molecule has 7 nitrogen and oxygen atoms in total. The number of aryl methyl sites for hydroxylation is 2. The molecular formula is C21H25N5O2. The summed E-state index contributed by atoms with van der Waals surface area (Å²) in [4.78, 5) is 22.2. The number of pyridine rings is 1. The van der Waals surface area contributed by atoms with Crippen LogP contribution in [0.3, 0.4) is 0 Å². The van der Waals surface area contributed by atoms with Crippen LogP contribution in [0.2, 0.25) is 0 Å². The van der Waals surface area contributed by atoms with Crippen LogP contribution in [0, 0.1) is 13.8 Å². The summed E-state index contributed by atoms with van der Waals surface area (Å²) in [5, 5.41) is 7.72. The summed E-state index contributed by atoms with van der Waals surface area (Å²) in [6.07, 6.45) is 0. The molecule has 4 rings (SSSR count). The molecule has 0 atom stereocenters. The molecule has 1 aromatic carbocycles. The van der Waals surface area contributed by atoms with Crippen LogP contribution >= 0.6 is 0 Å². The fourth-order valence-electron chi connectivity index (χ4n) is 3.75. The highest BCUT2D eigenvalue weighted by Crippen LogP contribution is 2.28. The zero-order valence-electron chi connectivity index (χ0n) is 16.5. The van der Waals surface area contributed by atoms with E-state index in [9.17, 15) is 4.79 Å². The maximum atomic E-state index is 13.1. The SMILES string of the molecule is CCN1CCN(c2ccccc2NC(=O)c2cc(C)nc3onc(C)c23)CC1. The van der Waals surface area contributed by atoms with Crippen molar-refractivity contribution in [2.45, 2.75) is 20.8 Å². The van der Waals surface area contributed by atoms with Crippen molar-refractivity contribution in [1.82, 2.24) is 15.0 Å². The Labute approximate surface area is 164 Å². The number of piperazine rings is 1. The number of likely N-dealkylation sites (N-methyl/N-ethyl adjacent to an activating group) is 1. The molecule has 28 heavy (non-hydrogen) atoms. The number of amides is 1. The maximum absolute atomic E-state index is 13.1. The molecular weight excluding hydrogens is 354 g/mol. The summed E-state index contributed by atoms with van der Waals surface area (Å²) in [6.45, 7) is 10.9. The summed E-state index contributed by atoms with van der Waals surface area (Å²) in [7, 11) is 0. The Morgan fingerprint density at radius 1 is 1.18 bits per heavy atom. The van der Waals surface area contributed by atoms with Gasteiger partial charge in [0.05, 0.1) is 28.0 Å². The van der Waals surface area contributed by atoms with E-state index in [0.29, 0.717) is 22.4 Å². The van der Waals surface area contributed by atoms with E-state index in [0.717, 1.165) is 49.8 Å². The number of carbonyl (C=O) groups is 1. The topological polar surface area (TPSA) is 74.5 Å². The van der Waals surface area contributed by atoms with Gasteiger partial charge in [-0.1, -0.05) is 24.2 Å². The lowest BCUT2D eigenvalue weighted by Crippen LogP contribution is -2.46. The molecule has 3 aromatic rings. The van der Waals surface area contributed by atoms with Crippen LogP contribution in [0.15, 0.2) is 34.9 Å². The lowest BCUT2D eigenvalue weighted by atomic mass is 10.1. The highest BCUT2D eigenvalue weighted by atomic mass is 16.5. The molecule has 3 heterocycles. The molecule has 1 N–H and O–H groups in total. The van der Waals surface area contributed by atoms with Crippen molar-refractivity contribution in [2.75, 3.05) is 42.9 Å². The van der Waals surface area contributed by atoms with E-state index in [1.165, 1.54) is 0 Å². The van der Waals surface area contributed by atoms with Gasteiger partial charge in [-0.3, -0.25) is 4.79 Å². The lowest BCUT2D eigenvalue weighted by molar-refractivity contribution is 0.102. The number of para-hydroxylation sites is 2. The first-order valence-corrected chi connectivity index (χ1v) is 9.68. The maximum Gasteiger partial charge on any atom is 0.258 e. The zero-order chi connectivity index (χ0) is 19.7. The number of nitrogens with zero attached hydrogens (tertiary/aromatic N) is 4. The quantitative estimate of drug-likeness (QED) is 0.750. The molecule has 1 aliphatic heterocycles. The summed E-state index contributed by atoms with van der Waals surface area (Å²) in [5.74, 6) is -0.179. The molecule has 2 aromatic heterocycles. The number of nitrogens with one attached hydrogen (secondary N) is 1. The van der Waals surface area contributed by atoms with E-state index in [-0.39, 0.29) is 5.91 Å². The molecule has 1 amide bonds. The van der Waals surface area contributed by atoms with Gasteiger partial charge in [-0.2, -0.15) is 0 Å². The van der Waals surface area contributed by atoms with Crippen molar-refractivity contribution in [1.29, 1.82) is 0 Å². The minimum atomic E-state index is -0.179. The standard InChI is InChI=1S/C21H25N5O2/c1-4-25-9-11-26(12-10-25)18-8-6-5-7-17(18)23-20(27)16-13-14(2)22-21-19(16)15(3)24-28-21/h5-8,13H,4,9-12H2,1-3H3,(H,23,27). The van der Waals surface area contributed by atoms with Gasteiger partial charge in [0.1, 0.15) is 0 Å². The largest absolute Gasteiger partial charge is 0.367 e. The number of anilines is 2. The van der Waals surface area contributed by atoms with E-state index in [1.54, 1.807) is 6.07 Å². The van der Waals surface area contributed by atoms with Gasteiger partial charge in [0.25, 0.3) is 11.6 Å². The minimum Gasteiger partial charge on any atom is -0.367 e. The number of fused-ring (bicyclic) bond motifs is 1. The van der Waals surface area contributed by atoms with Gasteiger partial charge in [0.2, 0.25) is 0 Å². The van der Waals surface area contributed by atoms with Crippen molar-refractivity contribution in [2.24, 2.45) is 0 Å². The third-order valence-corrected chi connectivity index (χ3v) is 5.30. The van der Waals surface area contributed by atoms with Crippen molar-refractivity contribution in [3.8, 4) is 0 Å². The molecule has 1 aliphatic rings. The van der Waals surface area contributed by atoms with Gasteiger partial charge < -0.3 is 19.6 Å². The summed E-state index contributed by atoms with van der Waals surface area (Å²) in [6, 6.07) is 9.75. The van der Waals surface area contributed by atoms with E-state index in [4.69, 9.17) is 4.52 Å². The third-order valence-electron chi connectivity index (χ3n) is 5.30. The number of carbonyl (C=O) groups excluding carboxylic acids is 1. The summed E-state index contributed by atoms with van der Waals surface area (Å²) < 4.78 is 5.26. The summed E-state index contributed by atoms with van der Waals surface area (Å²) >= 11 is 0. The van der Waals surface area contributed by atoms with Gasteiger partial charge in [-0.05, 0) is 38.6 Å². The van der Waals surface area contributed by atoms with Crippen LogP contribution in [-0.4, -0.2) is 53.7 Å². The fraction of sp³-hybridized carbons (Fsp3) is 0.381. The molecule has 0 unspecified atom stereocenters. The first kappa shape index (κ1) is 18.4. The van der Waals surface area contributed by atoms with Crippen molar-refractivity contribution in [3.63, 3.8) is 0 Å². The highest BCUT2D eigenvalue weighted by molar-refractivity contribution is 6.13. The van der Waals surface area contributed by atoms with E-state index in [2.05, 4.69) is 38.2 Å². The van der Waals surface area contributed by atoms with Crippen molar-refractivity contribution < 1.29 is 9.32 Å². The average molecular weight is 379 g/mol. The Hall–Kier alpha value is -2.93. The number of hydrogen-bond acceptors (Lipinski definition) is 6. The average Bonchev–Trinajstić information content (AvgIpc) is 3.08. The van der Waals surface area contributed by atoms with Crippen LogP contribution in [0.5, 0.6) is 0 Å². The van der Waals surface area contributed by atoms with Gasteiger partial charge >= 0.3 is 0 Å². The Kier molecular flexibility index (Phi) is 5.00. The number of aromatic nitrogens is 2.